The summed E-state index contributed by atoms with van der Waals surface area (Å²) in [5.74, 6) is -0.263. The highest BCUT2D eigenvalue weighted by Gasteiger charge is 2.34. The first-order chi connectivity index (χ1) is 12.3. The van der Waals surface area contributed by atoms with Crippen molar-refractivity contribution in [1.29, 1.82) is 0 Å². The first-order valence-corrected chi connectivity index (χ1v) is 8.84. The summed E-state index contributed by atoms with van der Waals surface area (Å²) in [6, 6.07) is 9.16. The highest BCUT2D eigenvalue weighted by atomic mass is 16.6. The summed E-state index contributed by atoms with van der Waals surface area (Å²) >= 11 is 0. The van der Waals surface area contributed by atoms with Gasteiger partial charge in [0.2, 0.25) is 0 Å². The van der Waals surface area contributed by atoms with Gasteiger partial charge in [-0.1, -0.05) is 30.3 Å². The minimum absolute atomic E-state index is 0.136. The largest absolute Gasteiger partial charge is 0.445 e. The van der Waals surface area contributed by atoms with Gasteiger partial charge in [-0.2, -0.15) is 0 Å². The molecule has 0 bridgehead atoms. The van der Waals surface area contributed by atoms with E-state index in [-0.39, 0.29) is 25.2 Å². The molecule has 1 saturated heterocycles. The molecule has 0 spiro atoms. The Morgan fingerprint density at radius 2 is 1.96 bits per heavy atom. The lowest BCUT2D eigenvalue weighted by Crippen LogP contribution is -2.54. The first-order valence-electron chi connectivity index (χ1n) is 8.84. The number of rotatable bonds is 4. The van der Waals surface area contributed by atoms with Crippen molar-refractivity contribution in [1.82, 2.24) is 10.2 Å². The van der Waals surface area contributed by atoms with Crippen LogP contribution >= 0.6 is 0 Å². The average Bonchev–Trinajstić information content (AvgIpc) is 2.59. The van der Waals surface area contributed by atoms with Crippen LogP contribution in [0.1, 0.15) is 32.8 Å². The van der Waals surface area contributed by atoms with Crippen LogP contribution in [0, 0.1) is 5.92 Å². The van der Waals surface area contributed by atoms with Crippen LogP contribution in [0.2, 0.25) is 0 Å². The molecule has 1 heterocycles. The van der Waals surface area contributed by atoms with E-state index < -0.39 is 17.8 Å². The SMILES string of the molecule is CC(C)(C)OC(=O)N1CC[C@@H](NC(=O)OCc2ccccc2)[C@@H](CO)C1. The van der Waals surface area contributed by atoms with E-state index in [0.717, 1.165) is 5.56 Å². The second-order valence-electron chi connectivity index (χ2n) is 7.47. The third-order valence-corrected chi connectivity index (χ3v) is 4.14. The molecule has 1 aromatic rings. The number of alkyl carbamates (subject to hydrolysis) is 1. The number of ether oxygens (including phenoxy) is 2. The van der Waals surface area contributed by atoms with E-state index in [0.29, 0.717) is 19.5 Å². The molecule has 0 saturated carbocycles. The normalized spacial score (nSPS) is 20.4. The fourth-order valence-electron chi connectivity index (χ4n) is 2.82. The summed E-state index contributed by atoms with van der Waals surface area (Å²) in [7, 11) is 0. The summed E-state index contributed by atoms with van der Waals surface area (Å²) in [4.78, 5) is 25.8. The average molecular weight is 364 g/mol. The third kappa shape index (κ3) is 6.22. The Morgan fingerprint density at radius 1 is 1.27 bits per heavy atom. The Kier molecular flexibility index (Phi) is 6.85. The number of aliphatic hydroxyl groups is 1. The molecule has 0 radical (unpaired) electrons. The number of benzene rings is 1. The number of hydrogen-bond acceptors (Lipinski definition) is 5. The maximum Gasteiger partial charge on any atom is 0.410 e. The predicted molar refractivity (Wildman–Crippen MR) is 96.6 cm³/mol. The number of piperidine rings is 1. The summed E-state index contributed by atoms with van der Waals surface area (Å²) in [5, 5.41) is 12.4. The molecule has 26 heavy (non-hydrogen) atoms. The number of amides is 2. The van der Waals surface area contributed by atoms with E-state index >= 15 is 0 Å². The molecule has 0 aliphatic carbocycles. The van der Waals surface area contributed by atoms with E-state index in [1.807, 2.05) is 51.1 Å². The molecule has 1 fully saturated rings. The molecule has 0 aromatic heterocycles. The van der Waals surface area contributed by atoms with Crippen LogP contribution in [-0.2, 0) is 16.1 Å². The van der Waals surface area contributed by atoms with Gasteiger partial charge in [-0.15, -0.1) is 0 Å². The van der Waals surface area contributed by atoms with Crippen LogP contribution in [0.4, 0.5) is 9.59 Å². The lowest BCUT2D eigenvalue weighted by molar-refractivity contribution is 0.00834. The predicted octanol–water partition coefficient (Wildman–Crippen LogP) is 2.53. The molecule has 2 N–H and O–H groups in total. The van der Waals surface area contributed by atoms with Crippen LogP contribution in [0.15, 0.2) is 30.3 Å². The first kappa shape index (κ1) is 20.0. The van der Waals surface area contributed by atoms with Crippen molar-refractivity contribution in [3.8, 4) is 0 Å². The molecule has 7 heteroatoms. The Hall–Kier alpha value is -2.28. The van der Waals surface area contributed by atoms with Gasteiger partial charge in [-0.25, -0.2) is 9.59 Å². The fraction of sp³-hybridized carbons (Fsp3) is 0.579. The summed E-state index contributed by atoms with van der Waals surface area (Å²) < 4.78 is 10.6. The van der Waals surface area contributed by atoms with E-state index in [1.54, 1.807) is 4.90 Å². The fourth-order valence-corrected chi connectivity index (χ4v) is 2.82. The van der Waals surface area contributed by atoms with Gasteiger partial charge in [0.1, 0.15) is 12.2 Å². The topological polar surface area (TPSA) is 88.1 Å². The number of aliphatic hydroxyl groups excluding tert-OH is 1. The van der Waals surface area contributed by atoms with E-state index in [2.05, 4.69) is 5.32 Å². The van der Waals surface area contributed by atoms with Gasteiger partial charge in [0.05, 0.1) is 0 Å². The van der Waals surface area contributed by atoms with Gasteiger partial charge in [0, 0.05) is 31.7 Å². The number of hydrogen-bond donors (Lipinski definition) is 2. The number of nitrogens with one attached hydrogen (secondary N) is 1. The van der Waals surface area contributed by atoms with Crippen LogP contribution in [-0.4, -0.2) is 53.5 Å². The van der Waals surface area contributed by atoms with E-state index in [9.17, 15) is 14.7 Å². The van der Waals surface area contributed by atoms with Crippen molar-refractivity contribution in [2.75, 3.05) is 19.7 Å². The standard InChI is InChI=1S/C19H28N2O5/c1-19(2,3)26-18(24)21-10-9-16(15(11-21)12-22)20-17(23)25-13-14-7-5-4-6-8-14/h4-8,15-16,22H,9-13H2,1-3H3,(H,20,23)/t15-,16-/m1/s1. The maximum atomic E-state index is 12.2. The maximum absolute atomic E-state index is 12.2. The van der Waals surface area contributed by atoms with Crippen molar-refractivity contribution < 1.29 is 24.2 Å². The molecule has 144 valence electrons. The monoisotopic (exact) mass is 364 g/mol. The molecule has 2 amide bonds. The van der Waals surface area contributed by atoms with Crippen molar-refractivity contribution in [3.05, 3.63) is 35.9 Å². The molecular weight excluding hydrogens is 336 g/mol. The zero-order valence-electron chi connectivity index (χ0n) is 15.6. The molecule has 2 atom stereocenters. The lowest BCUT2D eigenvalue weighted by atomic mass is 9.93. The van der Waals surface area contributed by atoms with Crippen molar-refractivity contribution in [2.45, 2.75) is 45.4 Å². The zero-order valence-corrected chi connectivity index (χ0v) is 15.6. The summed E-state index contributed by atoms with van der Waals surface area (Å²) in [5.41, 5.74) is 0.336. The van der Waals surface area contributed by atoms with E-state index in [1.165, 1.54) is 0 Å². The van der Waals surface area contributed by atoms with Crippen molar-refractivity contribution in [3.63, 3.8) is 0 Å². The number of nitrogens with zero attached hydrogens (tertiary/aromatic N) is 1. The molecule has 2 rings (SSSR count). The van der Waals surface area contributed by atoms with Crippen LogP contribution in [0.3, 0.4) is 0 Å². The van der Waals surface area contributed by atoms with Gasteiger partial charge >= 0.3 is 12.2 Å². The molecule has 1 aliphatic rings. The zero-order chi connectivity index (χ0) is 19.2. The van der Waals surface area contributed by atoms with Gasteiger partial charge in [0.15, 0.2) is 0 Å². The minimum Gasteiger partial charge on any atom is -0.445 e. The minimum atomic E-state index is -0.567. The molecule has 0 unspecified atom stereocenters. The van der Waals surface area contributed by atoms with Crippen molar-refractivity contribution >= 4 is 12.2 Å². The molecule has 1 aromatic carbocycles. The van der Waals surface area contributed by atoms with Gasteiger partial charge < -0.3 is 24.8 Å². The lowest BCUT2D eigenvalue weighted by Gasteiger charge is -2.38. The Morgan fingerprint density at radius 3 is 2.58 bits per heavy atom. The second kappa shape index (κ2) is 8.89. The van der Waals surface area contributed by atoms with Crippen molar-refractivity contribution in [2.24, 2.45) is 5.92 Å². The highest BCUT2D eigenvalue weighted by Crippen LogP contribution is 2.20. The number of likely N-dealkylation sites (tertiary alicyclic amines) is 1. The van der Waals surface area contributed by atoms with E-state index in [4.69, 9.17) is 9.47 Å². The Labute approximate surface area is 154 Å². The molecule has 1 aliphatic heterocycles. The number of carbonyl (C=O) groups is 2. The smallest absolute Gasteiger partial charge is 0.410 e. The summed E-state index contributed by atoms with van der Waals surface area (Å²) in [6.07, 6.45) is -0.394. The van der Waals surface area contributed by atoms with Crippen LogP contribution in [0.5, 0.6) is 0 Å². The quantitative estimate of drug-likeness (QED) is 0.857. The van der Waals surface area contributed by atoms with Gasteiger partial charge in [-0.3, -0.25) is 0 Å². The van der Waals surface area contributed by atoms with Crippen LogP contribution in [0.25, 0.3) is 0 Å². The third-order valence-electron chi connectivity index (χ3n) is 4.14. The summed E-state index contributed by atoms with van der Waals surface area (Å²) in [6.45, 7) is 6.27. The highest BCUT2D eigenvalue weighted by molar-refractivity contribution is 5.69. The second-order valence-corrected chi connectivity index (χ2v) is 7.47. The van der Waals surface area contributed by atoms with Gasteiger partial charge in [-0.05, 0) is 32.8 Å². The van der Waals surface area contributed by atoms with Crippen LogP contribution < -0.4 is 5.32 Å². The van der Waals surface area contributed by atoms with Gasteiger partial charge in [0.25, 0.3) is 0 Å². The Balaban J connectivity index is 1.83. The molecule has 7 nitrogen and oxygen atoms in total. The molecular formula is C19H28N2O5. The number of carbonyl (C=O) groups excluding carboxylic acids is 2. The Bertz CT molecular complexity index is 600.